The Hall–Kier alpha value is -2.03. The highest BCUT2D eigenvalue weighted by atomic mass is 31.1. The van der Waals surface area contributed by atoms with Crippen LogP contribution >= 0.6 is 8.25 Å². The molecule has 0 aromatic heterocycles. The average Bonchev–Trinajstić information content (AvgIpc) is 2.41. The topological polar surface area (TPSA) is 66.4 Å². The fraction of sp³-hybridized carbons (Fsp3) is 0. The number of para-hydroxylation sites is 1. The molecule has 1 atom stereocenters. The number of hydrogen-bond donors (Lipinski definition) is 0. The minimum Gasteiger partial charge on any atom is -0.558 e. The summed E-state index contributed by atoms with van der Waals surface area (Å²) in [7, 11) is -2.78. The SMILES string of the molecule is O=Cc1ccccc1.O=[P+]([O-])Oc1ccccc1. The Morgan fingerprint density at radius 2 is 1.44 bits per heavy atom. The molecule has 4 nitrogen and oxygen atoms in total. The molecule has 0 N–H and O–H groups in total. The van der Waals surface area contributed by atoms with E-state index < -0.39 is 8.25 Å². The van der Waals surface area contributed by atoms with E-state index in [9.17, 15) is 14.3 Å². The van der Waals surface area contributed by atoms with Gasteiger partial charge in [-0.15, -0.1) is 0 Å². The molecule has 0 spiro atoms. The third kappa shape index (κ3) is 5.89. The van der Waals surface area contributed by atoms with Crippen LogP contribution in [0.4, 0.5) is 0 Å². The van der Waals surface area contributed by atoms with Gasteiger partial charge >= 0.3 is 8.25 Å². The standard InChI is InChI=1S/C7H6O.C6H5O3P/c8-6-7-4-2-1-3-5-7;7-10(8)9-6-4-2-1-3-5-6/h1-6H;1-5H. The molecule has 2 aromatic carbocycles. The van der Waals surface area contributed by atoms with E-state index in [1.54, 1.807) is 42.5 Å². The van der Waals surface area contributed by atoms with Gasteiger partial charge in [-0.1, -0.05) is 48.5 Å². The Bertz CT molecular complexity index is 485. The molecule has 0 radical (unpaired) electrons. The fourth-order valence-corrected chi connectivity index (χ4v) is 1.39. The molecule has 18 heavy (non-hydrogen) atoms. The van der Waals surface area contributed by atoms with Crippen LogP contribution in [0.15, 0.2) is 60.7 Å². The molecule has 0 saturated carbocycles. The second kappa shape index (κ2) is 8.12. The molecule has 0 aliphatic rings. The van der Waals surface area contributed by atoms with Gasteiger partial charge in [-0.25, -0.2) is 0 Å². The molecule has 0 heterocycles. The summed E-state index contributed by atoms with van der Waals surface area (Å²) in [6.07, 6.45) is 0.833. The molecule has 2 aromatic rings. The summed E-state index contributed by atoms with van der Waals surface area (Å²) in [6, 6.07) is 17.4. The highest BCUT2D eigenvalue weighted by Gasteiger charge is 2.01. The van der Waals surface area contributed by atoms with Gasteiger partial charge in [0.15, 0.2) is 5.75 Å². The maximum atomic E-state index is 10.0. The average molecular weight is 262 g/mol. The first-order chi connectivity index (χ1) is 8.72. The summed E-state index contributed by atoms with van der Waals surface area (Å²) in [4.78, 5) is 20.0. The lowest BCUT2D eigenvalue weighted by molar-refractivity contribution is -0.178. The second-order valence-corrected chi connectivity index (χ2v) is 3.79. The molecule has 0 amide bonds. The molecule has 0 saturated heterocycles. The summed E-state index contributed by atoms with van der Waals surface area (Å²) in [5.41, 5.74) is 0.729. The molecule has 2 rings (SSSR count). The zero-order valence-electron chi connectivity index (χ0n) is 9.43. The van der Waals surface area contributed by atoms with E-state index >= 15 is 0 Å². The van der Waals surface area contributed by atoms with E-state index in [4.69, 9.17) is 0 Å². The molecule has 0 aliphatic carbocycles. The van der Waals surface area contributed by atoms with Crippen molar-refractivity contribution in [3.05, 3.63) is 66.2 Å². The molecule has 0 fully saturated rings. The maximum Gasteiger partial charge on any atom is 0.539 e. The minimum atomic E-state index is -2.78. The van der Waals surface area contributed by atoms with Crippen molar-refractivity contribution in [2.24, 2.45) is 0 Å². The van der Waals surface area contributed by atoms with Crippen LogP contribution < -0.4 is 9.42 Å². The Balaban J connectivity index is 0.000000184. The van der Waals surface area contributed by atoms with Gasteiger partial charge in [0, 0.05) is 5.56 Å². The quantitative estimate of drug-likeness (QED) is 0.629. The molecule has 5 heteroatoms. The van der Waals surface area contributed by atoms with Gasteiger partial charge in [0.2, 0.25) is 0 Å². The number of aldehydes is 1. The van der Waals surface area contributed by atoms with Crippen LogP contribution in [0.1, 0.15) is 10.4 Å². The van der Waals surface area contributed by atoms with E-state index in [0.29, 0.717) is 5.75 Å². The van der Waals surface area contributed by atoms with E-state index in [2.05, 4.69) is 4.52 Å². The second-order valence-electron chi connectivity index (χ2n) is 3.16. The summed E-state index contributed by atoms with van der Waals surface area (Å²) in [6.45, 7) is 0. The Kier molecular flexibility index (Phi) is 6.33. The highest BCUT2D eigenvalue weighted by Crippen LogP contribution is 2.18. The molecule has 92 valence electrons. The Morgan fingerprint density at radius 1 is 0.944 bits per heavy atom. The monoisotopic (exact) mass is 262 g/mol. The predicted octanol–water partition coefficient (Wildman–Crippen LogP) is 2.58. The number of hydrogen-bond acceptors (Lipinski definition) is 4. The van der Waals surface area contributed by atoms with Crippen LogP contribution in [0.5, 0.6) is 5.75 Å². The molecule has 0 aliphatic heterocycles. The van der Waals surface area contributed by atoms with Gasteiger partial charge in [0.05, 0.1) is 0 Å². The van der Waals surface area contributed by atoms with Crippen LogP contribution in [-0.2, 0) is 4.57 Å². The lowest BCUT2D eigenvalue weighted by Crippen LogP contribution is -1.92. The van der Waals surface area contributed by atoms with Crippen LogP contribution in [-0.4, -0.2) is 6.29 Å². The minimum absolute atomic E-state index is 0.346. The molecular weight excluding hydrogens is 251 g/mol. The number of rotatable bonds is 3. The fourth-order valence-electron chi connectivity index (χ4n) is 1.10. The predicted molar refractivity (Wildman–Crippen MR) is 66.5 cm³/mol. The van der Waals surface area contributed by atoms with Crippen LogP contribution in [0, 0.1) is 0 Å². The van der Waals surface area contributed by atoms with Gasteiger partial charge in [-0.3, -0.25) is 9.32 Å². The first-order valence-electron chi connectivity index (χ1n) is 5.10. The van der Waals surface area contributed by atoms with Crippen molar-refractivity contribution in [2.75, 3.05) is 0 Å². The van der Waals surface area contributed by atoms with Crippen molar-refractivity contribution in [3.8, 4) is 5.75 Å². The van der Waals surface area contributed by atoms with Crippen molar-refractivity contribution >= 4 is 14.5 Å². The summed E-state index contributed by atoms with van der Waals surface area (Å²) < 4.78 is 14.4. The Morgan fingerprint density at radius 3 is 1.83 bits per heavy atom. The third-order valence-electron chi connectivity index (χ3n) is 1.86. The number of carbonyl (C=O) groups excluding carboxylic acids is 1. The number of carbonyl (C=O) groups is 1. The van der Waals surface area contributed by atoms with Crippen molar-refractivity contribution in [1.82, 2.24) is 0 Å². The summed E-state index contributed by atoms with van der Waals surface area (Å²) in [5, 5.41) is 0. The summed E-state index contributed by atoms with van der Waals surface area (Å²) >= 11 is 0. The van der Waals surface area contributed by atoms with Crippen molar-refractivity contribution < 1.29 is 18.8 Å². The Labute approximate surface area is 106 Å². The zero-order valence-corrected chi connectivity index (χ0v) is 10.3. The first kappa shape index (κ1) is 14.0. The van der Waals surface area contributed by atoms with E-state index in [1.165, 1.54) is 0 Å². The smallest absolute Gasteiger partial charge is 0.539 e. The third-order valence-corrected chi connectivity index (χ3v) is 2.22. The summed E-state index contributed by atoms with van der Waals surface area (Å²) in [5.74, 6) is 0.346. The van der Waals surface area contributed by atoms with Crippen LogP contribution in [0.2, 0.25) is 0 Å². The number of benzene rings is 2. The van der Waals surface area contributed by atoms with Crippen molar-refractivity contribution in [2.45, 2.75) is 0 Å². The van der Waals surface area contributed by atoms with Crippen LogP contribution in [0.3, 0.4) is 0 Å². The van der Waals surface area contributed by atoms with Gasteiger partial charge in [0.1, 0.15) is 6.29 Å². The van der Waals surface area contributed by atoms with Gasteiger partial charge in [-0.2, -0.15) is 0 Å². The van der Waals surface area contributed by atoms with E-state index in [1.807, 2.05) is 18.2 Å². The first-order valence-corrected chi connectivity index (χ1v) is 6.19. The largest absolute Gasteiger partial charge is 0.558 e. The molecular formula is C13H11O4P. The van der Waals surface area contributed by atoms with Gasteiger partial charge in [-0.05, 0) is 16.7 Å². The maximum absolute atomic E-state index is 10.0. The molecule has 1 unspecified atom stereocenters. The van der Waals surface area contributed by atoms with Crippen molar-refractivity contribution in [1.29, 1.82) is 0 Å². The lowest BCUT2D eigenvalue weighted by atomic mass is 10.2. The normalized spacial score (nSPS) is 9.72. The van der Waals surface area contributed by atoms with E-state index in [0.717, 1.165) is 11.8 Å². The lowest BCUT2D eigenvalue weighted by Gasteiger charge is -1.90. The van der Waals surface area contributed by atoms with Crippen LogP contribution in [0.25, 0.3) is 0 Å². The molecule has 0 bridgehead atoms. The van der Waals surface area contributed by atoms with Gasteiger partial charge < -0.3 is 4.89 Å². The van der Waals surface area contributed by atoms with Crippen molar-refractivity contribution in [3.63, 3.8) is 0 Å². The van der Waals surface area contributed by atoms with E-state index in [-0.39, 0.29) is 0 Å². The van der Waals surface area contributed by atoms with Gasteiger partial charge in [0.25, 0.3) is 0 Å². The zero-order chi connectivity index (χ0) is 13.2. The highest BCUT2D eigenvalue weighted by molar-refractivity contribution is 7.31.